The molecular weight excluding hydrogens is 156 g/mol. The van der Waals surface area contributed by atoms with Crippen LogP contribution in [0.15, 0.2) is 36.6 Å². The number of allylic oxidation sites excluding steroid dienone is 2. The Morgan fingerprint density at radius 3 is 2.58 bits per heavy atom. The van der Waals surface area contributed by atoms with Gasteiger partial charge in [0.1, 0.15) is 5.76 Å². The molecule has 0 fully saturated rings. The van der Waals surface area contributed by atoms with Crippen molar-refractivity contribution >= 4 is 5.97 Å². The van der Waals surface area contributed by atoms with E-state index < -0.39 is 5.97 Å². The van der Waals surface area contributed by atoms with Crippen LogP contribution < -0.4 is 0 Å². The molecular formula is C9H12O3. The first kappa shape index (κ1) is 10.5. The molecule has 0 radical (unpaired) electrons. The number of ether oxygens (including phenoxy) is 1. The van der Waals surface area contributed by atoms with Gasteiger partial charge in [-0.1, -0.05) is 19.2 Å². The molecule has 0 aromatic heterocycles. The lowest BCUT2D eigenvalue weighted by atomic mass is 10.1. The molecule has 12 heavy (non-hydrogen) atoms. The number of rotatable bonds is 5. The van der Waals surface area contributed by atoms with Crippen LogP contribution in [0.5, 0.6) is 0 Å². The van der Waals surface area contributed by atoms with Gasteiger partial charge in [-0.3, -0.25) is 4.79 Å². The number of carbonyl (C=O) groups is 1. The molecule has 0 amide bonds. The van der Waals surface area contributed by atoms with Crippen LogP contribution in [0, 0.1) is 0 Å². The number of hydrogen-bond acceptors (Lipinski definition) is 2. The van der Waals surface area contributed by atoms with Gasteiger partial charge in [-0.15, -0.1) is 0 Å². The van der Waals surface area contributed by atoms with E-state index in [4.69, 9.17) is 9.84 Å². The predicted octanol–water partition coefficient (Wildman–Crippen LogP) is 1.73. The van der Waals surface area contributed by atoms with Gasteiger partial charge in [0.2, 0.25) is 0 Å². The van der Waals surface area contributed by atoms with Gasteiger partial charge in [-0.05, 0) is 11.6 Å². The minimum atomic E-state index is -0.898. The third-order valence-corrected chi connectivity index (χ3v) is 1.23. The Morgan fingerprint density at radius 2 is 2.25 bits per heavy atom. The highest BCUT2D eigenvalue weighted by atomic mass is 16.5. The summed E-state index contributed by atoms with van der Waals surface area (Å²) in [5.74, 6) is -0.476. The van der Waals surface area contributed by atoms with E-state index in [0.717, 1.165) is 0 Å². The normalized spacial score (nSPS) is 10.6. The second-order valence-corrected chi connectivity index (χ2v) is 2.16. The summed E-state index contributed by atoms with van der Waals surface area (Å²) in [5.41, 5.74) is 0.578. The molecule has 66 valence electrons. The first-order valence-corrected chi connectivity index (χ1v) is 3.38. The summed E-state index contributed by atoms with van der Waals surface area (Å²) in [4.78, 5) is 10.3. The summed E-state index contributed by atoms with van der Waals surface area (Å²) in [6, 6.07) is 0. The topological polar surface area (TPSA) is 46.5 Å². The van der Waals surface area contributed by atoms with Crippen LogP contribution in [-0.2, 0) is 9.53 Å². The van der Waals surface area contributed by atoms with Gasteiger partial charge in [0.15, 0.2) is 0 Å². The molecule has 3 heteroatoms. The van der Waals surface area contributed by atoms with Crippen LogP contribution >= 0.6 is 0 Å². The highest BCUT2D eigenvalue weighted by molar-refractivity contribution is 5.71. The molecule has 0 unspecified atom stereocenters. The molecule has 0 aromatic rings. The lowest BCUT2D eigenvalue weighted by molar-refractivity contribution is -0.136. The quantitative estimate of drug-likeness (QED) is 0.502. The van der Waals surface area contributed by atoms with E-state index in [1.165, 1.54) is 13.2 Å². The smallest absolute Gasteiger partial charge is 0.307 e. The maximum absolute atomic E-state index is 10.3. The molecule has 0 spiro atoms. The van der Waals surface area contributed by atoms with E-state index in [0.29, 0.717) is 11.3 Å². The van der Waals surface area contributed by atoms with Crippen LogP contribution in [0.2, 0.25) is 0 Å². The fourth-order valence-corrected chi connectivity index (χ4v) is 0.622. The van der Waals surface area contributed by atoms with Gasteiger partial charge >= 0.3 is 5.97 Å². The van der Waals surface area contributed by atoms with Crippen molar-refractivity contribution < 1.29 is 14.6 Å². The molecule has 1 N–H and O–H groups in total. The molecule has 0 rings (SSSR count). The Balaban J connectivity index is 4.32. The number of aliphatic carboxylic acids is 1. The third-order valence-electron chi connectivity index (χ3n) is 1.23. The highest BCUT2D eigenvalue weighted by Gasteiger charge is 2.00. The van der Waals surface area contributed by atoms with Crippen LogP contribution in [-0.4, -0.2) is 18.2 Å². The molecule has 0 aliphatic carbocycles. The number of carboxylic acid groups (broad SMARTS) is 1. The highest BCUT2D eigenvalue weighted by Crippen LogP contribution is 2.06. The second-order valence-electron chi connectivity index (χ2n) is 2.16. The van der Waals surface area contributed by atoms with Gasteiger partial charge in [0.25, 0.3) is 0 Å². The number of hydrogen-bond donors (Lipinski definition) is 1. The summed E-state index contributed by atoms with van der Waals surface area (Å²) < 4.78 is 4.75. The van der Waals surface area contributed by atoms with Crippen LogP contribution in [0.3, 0.4) is 0 Å². The number of carboxylic acids is 1. The predicted molar refractivity (Wildman–Crippen MR) is 46.7 cm³/mol. The Bertz CT molecular complexity index is 226. The van der Waals surface area contributed by atoms with Crippen molar-refractivity contribution in [3.8, 4) is 0 Å². The molecule has 0 atom stereocenters. The van der Waals surface area contributed by atoms with Crippen molar-refractivity contribution in [1.82, 2.24) is 0 Å². The lowest BCUT2D eigenvalue weighted by Crippen LogP contribution is -1.96. The summed E-state index contributed by atoms with van der Waals surface area (Å²) in [6.45, 7) is 7.00. The van der Waals surface area contributed by atoms with E-state index >= 15 is 0 Å². The Hall–Kier alpha value is -1.51. The Labute approximate surface area is 71.7 Å². The van der Waals surface area contributed by atoms with E-state index in [2.05, 4.69) is 13.2 Å². The van der Waals surface area contributed by atoms with Crippen molar-refractivity contribution in [2.24, 2.45) is 0 Å². The Morgan fingerprint density at radius 1 is 1.67 bits per heavy atom. The zero-order valence-electron chi connectivity index (χ0n) is 7.04. The maximum Gasteiger partial charge on any atom is 0.307 e. The Kier molecular flexibility index (Phi) is 4.53. The maximum atomic E-state index is 10.3. The van der Waals surface area contributed by atoms with E-state index in [1.54, 1.807) is 6.08 Å². The molecule has 0 saturated carbocycles. The fraction of sp³-hybridized carbons (Fsp3) is 0.222. The monoisotopic (exact) mass is 168 g/mol. The molecule has 0 saturated heterocycles. The zero-order chi connectivity index (χ0) is 9.56. The van der Waals surface area contributed by atoms with Gasteiger partial charge in [0, 0.05) is 0 Å². The second kappa shape index (κ2) is 5.18. The summed E-state index contributed by atoms with van der Waals surface area (Å²) in [6.07, 6.45) is 2.95. The van der Waals surface area contributed by atoms with Crippen molar-refractivity contribution in [1.29, 1.82) is 0 Å². The van der Waals surface area contributed by atoms with Crippen molar-refractivity contribution in [2.75, 3.05) is 7.11 Å². The standard InChI is InChI=1S/C9H12O3/c1-4-8(6-9(10)11)5-7(2)12-3/h4-5H,1-2,6H2,3H3,(H,10,11)/b8-5+. The molecule has 0 aromatic carbocycles. The minimum absolute atomic E-state index is 0.0636. The largest absolute Gasteiger partial charge is 0.497 e. The molecule has 3 nitrogen and oxygen atoms in total. The van der Waals surface area contributed by atoms with E-state index in [-0.39, 0.29) is 6.42 Å². The van der Waals surface area contributed by atoms with Crippen LogP contribution in [0.1, 0.15) is 6.42 Å². The minimum Gasteiger partial charge on any atom is -0.497 e. The SMILES string of the molecule is C=C/C(=C\C(=C)OC)CC(=O)O. The summed E-state index contributed by atoms with van der Waals surface area (Å²) >= 11 is 0. The van der Waals surface area contributed by atoms with Gasteiger partial charge in [-0.2, -0.15) is 0 Å². The molecule has 0 heterocycles. The summed E-state index contributed by atoms with van der Waals surface area (Å²) in [5, 5.41) is 8.44. The first-order chi connectivity index (χ1) is 5.60. The third kappa shape index (κ3) is 4.33. The van der Waals surface area contributed by atoms with Crippen molar-refractivity contribution in [2.45, 2.75) is 6.42 Å². The van der Waals surface area contributed by atoms with Gasteiger partial charge < -0.3 is 9.84 Å². The lowest BCUT2D eigenvalue weighted by Gasteiger charge is -1.99. The van der Waals surface area contributed by atoms with Crippen molar-refractivity contribution in [3.05, 3.63) is 36.6 Å². The van der Waals surface area contributed by atoms with Gasteiger partial charge in [0.05, 0.1) is 13.5 Å². The number of methoxy groups -OCH3 is 1. The van der Waals surface area contributed by atoms with E-state index in [9.17, 15) is 4.79 Å². The average Bonchev–Trinajstić information content (AvgIpc) is 2.02. The molecule has 0 aliphatic heterocycles. The summed E-state index contributed by atoms with van der Waals surface area (Å²) in [7, 11) is 1.47. The average molecular weight is 168 g/mol. The van der Waals surface area contributed by atoms with E-state index in [1.807, 2.05) is 0 Å². The van der Waals surface area contributed by atoms with Gasteiger partial charge in [-0.25, -0.2) is 0 Å². The van der Waals surface area contributed by atoms with Crippen LogP contribution in [0.4, 0.5) is 0 Å². The van der Waals surface area contributed by atoms with Crippen LogP contribution in [0.25, 0.3) is 0 Å². The fourth-order valence-electron chi connectivity index (χ4n) is 0.622. The zero-order valence-corrected chi connectivity index (χ0v) is 7.04. The molecule has 0 bridgehead atoms. The first-order valence-electron chi connectivity index (χ1n) is 3.38. The van der Waals surface area contributed by atoms with Crippen molar-refractivity contribution in [3.63, 3.8) is 0 Å². The molecule has 0 aliphatic rings.